The van der Waals surface area contributed by atoms with E-state index in [2.05, 4.69) is 124 Å². The Hall–Kier alpha value is -3.61. The monoisotopic (exact) mass is 1220 g/mol. The minimum Gasteiger partial charge on any atom is -0.303 e. The first kappa shape index (κ1) is 67.3. The molecule has 2 aromatic carbocycles. The van der Waals surface area contributed by atoms with Crippen LogP contribution in [0.1, 0.15) is 317 Å². The molecule has 6 aromatic rings. The third-order valence-corrected chi connectivity index (χ3v) is 23.2. The number of aldehydes is 1. The Balaban J connectivity index is 0.000000215. The molecule has 85 heavy (non-hydrogen) atoms. The van der Waals surface area contributed by atoms with Gasteiger partial charge in [-0.1, -0.05) is 246 Å². The second-order valence-electron chi connectivity index (χ2n) is 26.1. The van der Waals surface area contributed by atoms with Gasteiger partial charge in [0.05, 0.1) is 0 Å². The number of benzene rings is 2. The number of rotatable bonds is 39. The van der Waals surface area contributed by atoms with Gasteiger partial charge in [-0.2, -0.15) is 0 Å². The lowest BCUT2D eigenvalue weighted by molar-refractivity contribution is -0.111. The maximum Gasteiger partial charge on any atom is 0.123 e. The van der Waals surface area contributed by atoms with Crippen LogP contribution in [-0.4, -0.2) is 6.29 Å². The Morgan fingerprint density at radius 2 is 0.600 bits per heavy atom. The maximum atomic E-state index is 10.9. The second-order valence-corrected chi connectivity index (χ2v) is 29.8. The molecule has 0 N–H and O–H groups in total. The van der Waals surface area contributed by atoms with E-state index in [9.17, 15) is 4.79 Å². The molecular formula is C80H112OS4. The fourth-order valence-corrected chi connectivity index (χ4v) is 18.0. The fraction of sp³-hybridized carbons (Fsp3) is 0.588. The molecule has 10 rings (SSSR count). The van der Waals surface area contributed by atoms with Gasteiger partial charge in [-0.25, -0.2) is 0 Å². The van der Waals surface area contributed by atoms with Crippen molar-refractivity contribution < 1.29 is 4.79 Å². The molecule has 462 valence electrons. The number of carbonyl (C=O) groups is 1. The predicted molar refractivity (Wildman–Crippen MR) is 383 cm³/mol. The Morgan fingerprint density at radius 3 is 0.941 bits per heavy atom. The summed E-state index contributed by atoms with van der Waals surface area (Å²) in [5.74, 6) is 1.71. The Bertz CT molecular complexity index is 2760. The van der Waals surface area contributed by atoms with Gasteiger partial charge >= 0.3 is 0 Å². The normalized spacial score (nSPS) is 14.8. The van der Waals surface area contributed by atoms with Gasteiger partial charge in [0.1, 0.15) is 6.29 Å². The highest BCUT2D eigenvalue weighted by Crippen LogP contribution is 2.56. The molecule has 0 radical (unpaired) electrons. The molecule has 0 spiro atoms. The van der Waals surface area contributed by atoms with Crippen molar-refractivity contribution in [2.45, 2.75) is 286 Å². The summed E-state index contributed by atoms with van der Waals surface area (Å²) in [4.78, 5) is 17.0. The third kappa shape index (κ3) is 19.2. The summed E-state index contributed by atoms with van der Waals surface area (Å²) in [6.07, 6.45) is 57.3. The molecule has 5 heteroatoms. The molecule has 0 saturated heterocycles. The molecule has 3 unspecified atom stereocenters. The van der Waals surface area contributed by atoms with Crippen LogP contribution in [0.3, 0.4) is 0 Å². The lowest BCUT2D eigenvalue weighted by Crippen LogP contribution is -2.02. The van der Waals surface area contributed by atoms with E-state index in [1.54, 1.807) is 0 Å². The van der Waals surface area contributed by atoms with Crippen molar-refractivity contribution in [2.75, 3.05) is 0 Å². The van der Waals surface area contributed by atoms with Crippen LogP contribution in [0.5, 0.6) is 0 Å². The molecule has 3 atom stereocenters. The van der Waals surface area contributed by atoms with Crippen molar-refractivity contribution >= 4 is 62.8 Å². The number of carbonyl (C=O) groups excluding carboxylic acids is 1. The van der Waals surface area contributed by atoms with Crippen LogP contribution >= 0.6 is 45.3 Å². The van der Waals surface area contributed by atoms with Gasteiger partial charge in [0, 0.05) is 47.7 Å². The number of thiophene rings is 4. The first-order valence-electron chi connectivity index (χ1n) is 35.5. The van der Waals surface area contributed by atoms with Gasteiger partial charge in [0.2, 0.25) is 0 Å². The zero-order valence-corrected chi connectivity index (χ0v) is 57.6. The summed E-state index contributed by atoms with van der Waals surface area (Å²) >= 11 is 7.70. The minimum absolute atomic E-state index is 0.345. The van der Waals surface area contributed by atoms with E-state index in [1.807, 2.05) is 45.3 Å². The number of hydrogen-bond acceptors (Lipinski definition) is 5. The molecule has 0 aliphatic heterocycles. The molecule has 4 aliphatic carbocycles. The van der Waals surface area contributed by atoms with Gasteiger partial charge in [-0.3, -0.25) is 0 Å². The minimum atomic E-state index is 0.345. The van der Waals surface area contributed by atoms with Crippen LogP contribution in [0.4, 0.5) is 0 Å². The van der Waals surface area contributed by atoms with Crippen molar-refractivity contribution in [2.24, 2.45) is 17.8 Å². The highest BCUT2D eigenvalue weighted by molar-refractivity contribution is 7.15. The number of allylic oxidation sites excluding steroid dienone is 2. The quantitative estimate of drug-likeness (QED) is 0.0277. The van der Waals surface area contributed by atoms with E-state index in [1.165, 1.54) is 322 Å². The van der Waals surface area contributed by atoms with E-state index in [4.69, 9.17) is 0 Å². The van der Waals surface area contributed by atoms with Crippen LogP contribution in [-0.2, 0) is 17.6 Å². The van der Waals surface area contributed by atoms with Crippen molar-refractivity contribution in [3.05, 3.63) is 127 Å². The van der Waals surface area contributed by atoms with Crippen molar-refractivity contribution in [1.29, 1.82) is 0 Å². The zero-order chi connectivity index (χ0) is 59.4. The molecule has 0 saturated carbocycles. The third-order valence-electron chi connectivity index (χ3n) is 19.3. The van der Waals surface area contributed by atoms with Gasteiger partial charge in [0.25, 0.3) is 0 Å². The molecule has 0 bridgehead atoms. The number of fused-ring (bicyclic) bond motifs is 12. The van der Waals surface area contributed by atoms with Crippen molar-refractivity contribution in [3.8, 4) is 41.8 Å². The SMILES string of the molecule is CCCCCCCCC(C=C1c2cc3c(cc2-c2sccc21)C(=CC(CCCCCC)CCCCCCCC)c1ccsc1-3)CCCCCC.CCCCCCCCC(C=O)CCCCCC.c1cc2c(s1)-c1cc3c(cc1C2)-c1sccc1C3. The fourth-order valence-electron chi connectivity index (χ4n) is 14.2. The van der Waals surface area contributed by atoms with Crippen molar-refractivity contribution in [3.63, 3.8) is 0 Å². The first-order chi connectivity index (χ1) is 41.9. The smallest absolute Gasteiger partial charge is 0.123 e. The average Bonchev–Trinajstić information content (AvgIpc) is 2.46. The largest absolute Gasteiger partial charge is 0.303 e. The first-order valence-corrected chi connectivity index (χ1v) is 39.0. The standard InChI is InChI=1S/C48H70S2.C16H32O.C16H10S2/c1-5-9-13-17-19-23-27-37(25-21-15-11-7-3)33-41-39-29-31-49-47(39)45-36-44-42(40-30-32-50-48(40)46(44)35-43(41)45)34-38(26-22-16-12-8-4)28-24-20-18-14-10-6-2;1-3-5-7-9-10-12-14-16(15-17)13-11-8-6-4-2;1-3-17-15-9(1)5-11-7-14-12(8-13(11)15)6-10-2-4-18-16(10)14/h29-38H,5-28H2,1-4H3;15-16H,3-14H2,1-2H3;1-4,7-8H,5-6H2. The predicted octanol–water partition coefficient (Wildman–Crippen LogP) is 27.8. The summed E-state index contributed by atoms with van der Waals surface area (Å²) in [7, 11) is 0. The highest BCUT2D eigenvalue weighted by Gasteiger charge is 2.33. The summed E-state index contributed by atoms with van der Waals surface area (Å²) < 4.78 is 0. The van der Waals surface area contributed by atoms with E-state index in [-0.39, 0.29) is 0 Å². The van der Waals surface area contributed by atoms with Gasteiger partial charge < -0.3 is 4.79 Å². The van der Waals surface area contributed by atoms with Gasteiger partial charge in [-0.05, 0) is 189 Å². The number of hydrogen-bond donors (Lipinski definition) is 0. The number of unbranched alkanes of at least 4 members (excludes halogenated alkanes) is 24. The Kier molecular flexibility index (Phi) is 29.6. The summed E-state index contributed by atoms with van der Waals surface area (Å²) in [5, 5.41) is 9.13. The van der Waals surface area contributed by atoms with E-state index in [0.717, 1.165) is 25.7 Å². The average molecular weight is 1220 g/mol. The molecule has 0 amide bonds. The Morgan fingerprint density at radius 1 is 0.306 bits per heavy atom. The second kappa shape index (κ2) is 37.4. The van der Waals surface area contributed by atoms with Gasteiger partial charge in [-0.15, -0.1) is 45.3 Å². The van der Waals surface area contributed by atoms with E-state index >= 15 is 0 Å². The molecule has 4 heterocycles. The molecule has 1 nitrogen and oxygen atoms in total. The van der Waals surface area contributed by atoms with Gasteiger partial charge in [0.15, 0.2) is 0 Å². The van der Waals surface area contributed by atoms with E-state index < -0.39 is 0 Å². The molecular weight excluding hydrogens is 1110 g/mol. The summed E-state index contributed by atoms with van der Waals surface area (Å²) in [6, 6.07) is 19.6. The van der Waals surface area contributed by atoms with Crippen LogP contribution in [0, 0.1) is 17.8 Å². The lowest BCUT2D eigenvalue weighted by atomic mass is 9.88. The highest BCUT2D eigenvalue weighted by atomic mass is 32.1. The van der Waals surface area contributed by atoms with Crippen LogP contribution in [0.15, 0.2) is 82.2 Å². The van der Waals surface area contributed by atoms with Crippen LogP contribution < -0.4 is 0 Å². The van der Waals surface area contributed by atoms with Crippen molar-refractivity contribution in [1.82, 2.24) is 0 Å². The van der Waals surface area contributed by atoms with Crippen LogP contribution in [0.2, 0.25) is 0 Å². The molecule has 0 fully saturated rings. The van der Waals surface area contributed by atoms with Crippen LogP contribution in [0.25, 0.3) is 52.9 Å². The van der Waals surface area contributed by atoms with E-state index in [0.29, 0.717) is 17.8 Å². The molecule has 4 aromatic heterocycles. The summed E-state index contributed by atoms with van der Waals surface area (Å²) in [6.45, 7) is 13.8. The summed E-state index contributed by atoms with van der Waals surface area (Å²) in [5.41, 5.74) is 21.2. The topological polar surface area (TPSA) is 17.1 Å². The molecule has 4 aliphatic rings. The zero-order valence-electron chi connectivity index (χ0n) is 54.3. The lowest BCUT2D eigenvalue weighted by Gasteiger charge is -2.16. The Labute approximate surface area is 535 Å². The maximum absolute atomic E-state index is 10.9.